The largest absolute Gasteiger partial charge is 0.379 e. The normalized spacial score (nSPS) is 15.3. The van der Waals surface area contributed by atoms with Crippen LogP contribution >= 0.6 is 15.9 Å². The quantitative estimate of drug-likeness (QED) is 0.828. The highest BCUT2D eigenvalue weighted by atomic mass is 79.9. The summed E-state index contributed by atoms with van der Waals surface area (Å²) in [5.74, 6) is 0. The smallest absolute Gasteiger partial charge is 0.106 e. The van der Waals surface area contributed by atoms with Crippen LogP contribution in [0.3, 0.4) is 0 Å². The molecule has 1 aromatic carbocycles. The highest BCUT2D eigenvalue weighted by molar-refractivity contribution is 9.10. The summed E-state index contributed by atoms with van der Waals surface area (Å²) in [7, 11) is 0. The number of likely N-dealkylation sites (tertiary alicyclic amines) is 1. The van der Waals surface area contributed by atoms with E-state index in [-0.39, 0.29) is 0 Å². The molecule has 0 saturated carbocycles. The third-order valence-electron chi connectivity index (χ3n) is 3.81. The van der Waals surface area contributed by atoms with E-state index in [4.69, 9.17) is 0 Å². The van der Waals surface area contributed by atoms with Gasteiger partial charge >= 0.3 is 0 Å². The molecule has 0 aliphatic carbocycles. The van der Waals surface area contributed by atoms with Crippen LogP contribution in [0.15, 0.2) is 47.1 Å². The van der Waals surface area contributed by atoms with Crippen LogP contribution in [0.2, 0.25) is 0 Å². The molecule has 4 heteroatoms. The fourth-order valence-corrected chi connectivity index (χ4v) is 3.05. The zero-order chi connectivity index (χ0) is 14.5. The van der Waals surface area contributed by atoms with Gasteiger partial charge in [-0.15, -0.1) is 0 Å². The molecule has 1 saturated heterocycles. The summed E-state index contributed by atoms with van der Waals surface area (Å²) in [6.07, 6.45) is 2.69. The molecular weight excluding hydrogens is 326 g/mol. The van der Waals surface area contributed by atoms with Crippen molar-refractivity contribution in [2.24, 2.45) is 0 Å². The average Bonchev–Trinajstić information content (AvgIpc) is 3.00. The summed E-state index contributed by atoms with van der Waals surface area (Å²) in [5.41, 5.74) is 3.57. The Balaban J connectivity index is 1.54. The van der Waals surface area contributed by atoms with Crippen molar-refractivity contribution < 1.29 is 0 Å². The molecule has 0 radical (unpaired) electrons. The Labute approximate surface area is 134 Å². The number of halogens is 1. The number of anilines is 1. The minimum Gasteiger partial charge on any atom is -0.379 e. The standard InChI is InChI=1S/C17H20BrN3/c18-17-5-3-4-16(20-17)12-19-15-8-6-14(7-9-15)13-21-10-1-2-11-21/h3-9,19H,1-2,10-13H2. The molecular formula is C17H20BrN3. The molecule has 21 heavy (non-hydrogen) atoms. The fraction of sp³-hybridized carbons (Fsp3) is 0.353. The first-order valence-electron chi connectivity index (χ1n) is 7.46. The van der Waals surface area contributed by atoms with Crippen LogP contribution in [0.4, 0.5) is 5.69 Å². The van der Waals surface area contributed by atoms with Gasteiger partial charge in [0.05, 0.1) is 12.2 Å². The second kappa shape index (κ2) is 7.05. The molecule has 1 fully saturated rings. The maximum absolute atomic E-state index is 4.42. The van der Waals surface area contributed by atoms with E-state index in [1.165, 1.54) is 31.5 Å². The van der Waals surface area contributed by atoms with Crippen LogP contribution in [-0.4, -0.2) is 23.0 Å². The molecule has 110 valence electrons. The maximum atomic E-state index is 4.42. The SMILES string of the molecule is Brc1cccc(CNc2ccc(CN3CCCC3)cc2)n1. The first-order chi connectivity index (χ1) is 10.3. The topological polar surface area (TPSA) is 28.2 Å². The van der Waals surface area contributed by atoms with Gasteiger partial charge < -0.3 is 5.32 Å². The predicted molar refractivity (Wildman–Crippen MR) is 90.2 cm³/mol. The fourth-order valence-electron chi connectivity index (χ4n) is 2.67. The van der Waals surface area contributed by atoms with E-state index in [1.807, 2.05) is 18.2 Å². The lowest BCUT2D eigenvalue weighted by atomic mass is 10.2. The lowest BCUT2D eigenvalue weighted by Crippen LogP contribution is -2.18. The number of hydrogen-bond donors (Lipinski definition) is 1. The van der Waals surface area contributed by atoms with Gasteiger partial charge in [-0.1, -0.05) is 18.2 Å². The molecule has 0 bridgehead atoms. The van der Waals surface area contributed by atoms with Crippen molar-refractivity contribution in [2.75, 3.05) is 18.4 Å². The summed E-state index contributed by atoms with van der Waals surface area (Å²) in [6, 6.07) is 14.7. The van der Waals surface area contributed by atoms with Crippen LogP contribution in [0, 0.1) is 0 Å². The highest BCUT2D eigenvalue weighted by Gasteiger charge is 2.11. The molecule has 1 aliphatic heterocycles. The third kappa shape index (κ3) is 4.29. The molecule has 1 aromatic heterocycles. The summed E-state index contributed by atoms with van der Waals surface area (Å²) >= 11 is 3.40. The van der Waals surface area contributed by atoms with E-state index in [1.54, 1.807) is 0 Å². The summed E-state index contributed by atoms with van der Waals surface area (Å²) in [6.45, 7) is 4.31. The molecule has 1 N–H and O–H groups in total. The zero-order valence-electron chi connectivity index (χ0n) is 12.1. The van der Waals surface area contributed by atoms with E-state index < -0.39 is 0 Å². The van der Waals surface area contributed by atoms with Crippen molar-refractivity contribution in [1.82, 2.24) is 9.88 Å². The second-order valence-electron chi connectivity index (χ2n) is 5.49. The number of nitrogens with zero attached hydrogens (tertiary/aromatic N) is 2. The van der Waals surface area contributed by atoms with Gasteiger partial charge in [-0.3, -0.25) is 4.90 Å². The van der Waals surface area contributed by atoms with Crippen LogP contribution in [0.25, 0.3) is 0 Å². The molecule has 0 amide bonds. The molecule has 2 aromatic rings. The summed E-state index contributed by atoms with van der Waals surface area (Å²) in [4.78, 5) is 6.94. The molecule has 2 heterocycles. The summed E-state index contributed by atoms with van der Waals surface area (Å²) < 4.78 is 0.878. The Hall–Kier alpha value is -1.39. The average molecular weight is 346 g/mol. The van der Waals surface area contributed by atoms with Crippen molar-refractivity contribution >= 4 is 21.6 Å². The second-order valence-corrected chi connectivity index (χ2v) is 6.30. The van der Waals surface area contributed by atoms with Crippen molar-refractivity contribution in [3.8, 4) is 0 Å². The van der Waals surface area contributed by atoms with E-state index in [0.29, 0.717) is 0 Å². The molecule has 3 rings (SSSR count). The minimum absolute atomic E-state index is 0.741. The lowest BCUT2D eigenvalue weighted by Gasteiger charge is -2.15. The monoisotopic (exact) mass is 345 g/mol. The van der Waals surface area contributed by atoms with Crippen LogP contribution in [-0.2, 0) is 13.1 Å². The maximum Gasteiger partial charge on any atom is 0.106 e. The van der Waals surface area contributed by atoms with Gasteiger partial charge in [-0.2, -0.15) is 0 Å². The number of benzene rings is 1. The Kier molecular flexibility index (Phi) is 4.88. The van der Waals surface area contributed by atoms with Crippen molar-refractivity contribution in [2.45, 2.75) is 25.9 Å². The Bertz CT molecular complexity index is 577. The van der Waals surface area contributed by atoms with E-state index in [0.717, 1.165) is 29.1 Å². The lowest BCUT2D eigenvalue weighted by molar-refractivity contribution is 0.331. The molecule has 0 spiro atoms. The molecule has 0 atom stereocenters. The van der Waals surface area contributed by atoms with Gasteiger partial charge in [-0.05, 0) is 71.7 Å². The van der Waals surface area contributed by atoms with Gasteiger partial charge in [0.1, 0.15) is 4.60 Å². The third-order valence-corrected chi connectivity index (χ3v) is 4.25. The zero-order valence-corrected chi connectivity index (χ0v) is 13.6. The molecule has 3 nitrogen and oxygen atoms in total. The number of aromatic nitrogens is 1. The van der Waals surface area contributed by atoms with E-state index in [2.05, 4.69) is 55.4 Å². The number of hydrogen-bond acceptors (Lipinski definition) is 3. The van der Waals surface area contributed by atoms with Gasteiger partial charge in [0.15, 0.2) is 0 Å². The number of pyridine rings is 1. The van der Waals surface area contributed by atoms with Crippen LogP contribution < -0.4 is 5.32 Å². The van der Waals surface area contributed by atoms with E-state index in [9.17, 15) is 0 Å². The van der Waals surface area contributed by atoms with E-state index >= 15 is 0 Å². The van der Waals surface area contributed by atoms with Gasteiger partial charge in [0, 0.05) is 12.2 Å². The predicted octanol–water partition coefficient (Wildman–Crippen LogP) is 4.05. The van der Waals surface area contributed by atoms with Gasteiger partial charge in [-0.25, -0.2) is 4.98 Å². The van der Waals surface area contributed by atoms with Crippen molar-refractivity contribution in [1.29, 1.82) is 0 Å². The Morgan fingerprint density at radius 3 is 2.52 bits per heavy atom. The number of rotatable bonds is 5. The van der Waals surface area contributed by atoms with Gasteiger partial charge in [0.2, 0.25) is 0 Å². The van der Waals surface area contributed by atoms with Crippen LogP contribution in [0.5, 0.6) is 0 Å². The Morgan fingerprint density at radius 2 is 1.81 bits per heavy atom. The van der Waals surface area contributed by atoms with Crippen molar-refractivity contribution in [3.05, 3.63) is 58.3 Å². The van der Waals surface area contributed by atoms with Crippen molar-refractivity contribution in [3.63, 3.8) is 0 Å². The highest BCUT2D eigenvalue weighted by Crippen LogP contribution is 2.16. The molecule has 1 aliphatic rings. The minimum atomic E-state index is 0.741. The first-order valence-corrected chi connectivity index (χ1v) is 8.25. The van der Waals surface area contributed by atoms with Gasteiger partial charge in [0.25, 0.3) is 0 Å². The number of nitrogens with one attached hydrogen (secondary N) is 1. The van der Waals surface area contributed by atoms with Crippen LogP contribution in [0.1, 0.15) is 24.1 Å². The summed E-state index contributed by atoms with van der Waals surface area (Å²) in [5, 5.41) is 3.41. The first kappa shape index (κ1) is 14.5. The Morgan fingerprint density at radius 1 is 1.05 bits per heavy atom. The molecule has 0 unspecified atom stereocenters.